The summed E-state index contributed by atoms with van der Waals surface area (Å²) in [6, 6.07) is 20.3. The summed E-state index contributed by atoms with van der Waals surface area (Å²) in [6.07, 6.45) is 6.93. The van der Waals surface area contributed by atoms with Crippen LogP contribution in [0.1, 0.15) is 30.0 Å². The number of hydrogen-bond acceptors (Lipinski definition) is 5. The summed E-state index contributed by atoms with van der Waals surface area (Å²) in [6.45, 7) is 2.51. The van der Waals surface area contributed by atoms with Crippen LogP contribution in [0, 0.1) is 0 Å². The fourth-order valence-corrected chi connectivity index (χ4v) is 4.95. The fraction of sp³-hybridized carbons (Fsp3) is 0.231. The monoisotopic (exact) mass is 455 g/mol. The van der Waals surface area contributed by atoms with Crippen LogP contribution in [0.4, 0.5) is 5.69 Å². The second-order valence-electron chi connectivity index (χ2n) is 8.21. The van der Waals surface area contributed by atoms with Crippen LogP contribution in [-0.2, 0) is 24.2 Å². The highest BCUT2D eigenvalue weighted by molar-refractivity contribution is 8.00. The van der Waals surface area contributed by atoms with Crippen LogP contribution in [0.3, 0.4) is 0 Å². The van der Waals surface area contributed by atoms with Crippen molar-refractivity contribution in [3.63, 3.8) is 0 Å². The van der Waals surface area contributed by atoms with Gasteiger partial charge in [0, 0.05) is 23.6 Å². The Labute approximate surface area is 197 Å². The van der Waals surface area contributed by atoms with E-state index in [0.29, 0.717) is 11.7 Å². The molecule has 166 valence electrons. The van der Waals surface area contributed by atoms with Crippen molar-refractivity contribution in [1.82, 2.24) is 19.7 Å². The number of anilines is 1. The van der Waals surface area contributed by atoms with Gasteiger partial charge >= 0.3 is 0 Å². The van der Waals surface area contributed by atoms with E-state index in [-0.39, 0.29) is 11.2 Å². The van der Waals surface area contributed by atoms with Gasteiger partial charge in [-0.25, -0.2) is 0 Å². The molecule has 0 fully saturated rings. The van der Waals surface area contributed by atoms with E-state index in [1.807, 2.05) is 43.3 Å². The molecule has 1 amide bonds. The number of hydrogen-bond donors (Lipinski definition) is 1. The molecule has 0 saturated heterocycles. The van der Waals surface area contributed by atoms with Gasteiger partial charge in [-0.3, -0.25) is 14.3 Å². The zero-order chi connectivity index (χ0) is 22.6. The van der Waals surface area contributed by atoms with Crippen molar-refractivity contribution in [2.45, 2.75) is 43.1 Å². The van der Waals surface area contributed by atoms with Crippen molar-refractivity contribution in [2.24, 2.45) is 0 Å². The van der Waals surface area contributed by atoms with Gasteiger partial charge in [0.1, 0.15) is 0 Å². The number of aromatic nitrogens is 4. The first-order valence-corrected chi connectivity index (χ1v) is 12.0. The van der Waals surface area contributed by atoms with Crippen molar-refractivity contribution < 1.29 is 4.79 Å². The van der Waals surface area contributed by atoms with E-state index in [1.54, 1.807) is 12.4 Å². The molecule has 0 unspecified atom stereocenters. The topological polar surface area (TPSA) is 72.7 Å². The van der Waals surface area contributed by atoms with E-state index < -0.39 is 0 Å². The summed E-state index contributed by atoms with van der Waals surface area (Å²) in [5, 5.41) is 12.3. The average Bonchev–Trinajstić information content (AvgIpc) is 3.47. The average molecular weight is 456 g/mol. The predicted octanol–water partition coefficient (Wildman–Crippen LogP) is 5.00. The maximum absolute atomic E-state index is 13.0. The lowest BCUT2D eigenvalue weighted by atomic mass is 10.1. The van der Waals surface area contributed by atoms with Crippen LogP contribution < -0.4 is 5.32 Å². The molecule has 4 aromatic rings. The number of pyridine rings is 1. The van der Waals surface area contributed by atoms with Gasteiger partial charge in [0.2, 0.25) is 5.91 Å². The van der Waals surface area contributed by atoms with Crippen molar-refractivity contribution in [1.29, 1.82) is 0 Å². The Morgan fingerprint density at radius 2 is 1.91 bits per heavy atom. The molecule has 0 saturated carbocycles. The van der Waals surface area contributed by atoms with Crippen LogP contribution in [-0.4, -0.2) is 30.9 Å². The molecule has 1 aliphatic carbocycles. The van der Waals surface area contributed by atoms with Crippen LogP contribution in [0.5, 0.6) is 0 Å². The summed E-state index contributed by atoms with van der Waals surface area (Å²) in [7, 11) is 0. The first-order chi connectivity index (χ1) is 16.2. The van der Waals surface area contributed by atoms with E-state index in [9.17, 15) is 4.79 Å². The second-order valence-corrected chi connectivity index (χ2v) is 9.51. The van der Waals surface area contributed by atoms with Gasteiger partial charge < -0.3 is 5.32 Å². The zero-order valence-corrected chi connectivity index (χ0v) is 19.3. The number of benzene rings is 2. The quantitative estimate of drug-likeness (QED) is 0.397. The second kappa shape index (κ2) is 9.58. The minimum Gasteiger partial charge on any atom is -0.325 e. The zero-order valence-electron chi connectivity index (χ0n) is 18.4. The van der Waals surface area contributed by atoms with Crippen LogP contribution >= 0.6 is 11.8 Å². The molecule has 1 aliphatic rings. The van der Waals surface area contributed by atoms with Crippen molar-refractivity contribution in [3.8, 4) is 11.4 Å². The van der Waals surface area contributed by atoms with Gasteiger partial charge in [0.25, 0.3) is 0 Å². The molecule has 33 heavy (non-hydrogen) atoms. The Bertz CT molecular complexity index is 1260. The van der Waals surface area contributed by atoms with Gasteiger partial charge in [0.15, 0.2) is 11.0 Å². The predicted molar refractivity (Wildman–Crippen MR) is 131 cm³/mol. The van der Waals surface area contributed by atoms with Gasteiger partial charge in [-0.05, 0) is 67.1 Å². The third-order valence-corrected chi connectivity index (χ3v) is 6.92. The summed E-state index contributed by atoms with van der Waals surface area (Å²) in [5.74, 6) is 0.691. The summed E-state index contributed by atoms with van der Waals surface area (Å²) >= 11 is 1.41. The molecular weight excluding hydrogens is 430 g/mol. The van der Waals surface area contributed by atoms with Gasteiger partial charge in [-0.15, -0.1) is 10.2 Å². The molecule has 1 N–H and O–H groups in total. The SMILES string of the molecule is C[C@@H](Sc1nnc(-c2cccnc2)n1Cc1ccccc1)C(=O)Nc1ccc2c(c1)CCC2. The number of nitrogens with one attached hydrogen (secondary N) is 1. The molecule has 2 aromatic carbocycles. The molecule has 0 radical (unpaired) electrons. The Morgan fingerprint density at radius 1 is 1.06 bits per heavy atom. The van der Waals surface area contributed by atoms with Crippen LogP contribution in [0.25, 0.3) is 11.4 Å². The molecule has 0 aliphatic heterocycles. The molecule has 0 spiro atoms. The molecule has 0 bridgehead atoms. The Kier molecular flexibility index (Phi) is 6.21. The Morgan fingerprint density at radius 3 is 2.73 bits per heavy atom. The largest absolute Gasteiger partial charge is 0.325 e. The van der Waals surface area contributed by atoms with Gasteiger partial charge in [0.05, 0.1) is 11.8 Å². The van der Waals surface area contributed by atoms with Crippen molar-refractivity contribution >= 4 is 23.4 Å². The Hall–Kier alpha value is -3.45. The number of rotatable bonds is 7. The number of carbonyl (C=O) groups excluding carboxylic acids is 1. The number of thioether (sulfide) groups is 1. The molecule has 5 rings (SSSR count). The van der Waals surface area contributed by atoms with E-state index in [1.165, 1.54) is 29.3 Å². The van der Waals surface area contributed by atoms with E-state index in [2.05, 4.69) is 49.3 Å². The van der Waals surface area contributed by atoms with E-state index in [4.69, 9.17) is 0 Å². The lowest BCUT2D eigenvalue weighted by Gasteiger charge is -2.14. The van der Waals surface area contributed by atoms with Crippen molar-refractivity contribution in [3.05, 3.63) is 89.7 Å². The molecular formula is C26H25N5OS. The lowest BCUT2D eigenvalue weighted by Crippen LogP contribution is -2.23. The first kappa shape index (κ1) is 21.4. The van der Waals surface area contributed by atoms with E-state index in [0.717, 1.165) is 35.5 Å². The molecule has 1 atom stereocenters. The van der Waals surface area contributed by atoms with E-state index >= 15 is 0 Å². The Balaban J connectivity index is 1.36. The van der Waals surface area contributed by atoms with Gasteiger partial charge in [-0.1, -0.05) is 48.2 Å². The first-order valence-electron chi connectivity index (χ1n) is 11.1. The molecule has 6 nitrogen and oxygen atoms in total. The fourth-order valence-electron chi connectivity index (χ4n) is 4.10. The molecule has 2 aromatic heterocycles. The maximum atomic E-state index is 13.0. The minimum atomic E-state index is -0.335. The lowest BCUT2D eigenvalue weighted by molar-refractivity contribution is -0.115. The number of fused-ring (bicyclic) bond motifs is 1. The highest BCUT2D eigenvalue weighted by atomic mass is 32.2. The minimum absolute atomic E-state index is 0.0462. The number of aryl methyl sites for hydroxylation is 2. The van der Waals surface area contributed by atoms with Gasteiger partial charge in [-0.2, -0.15) is 0 Å². The smallest absolute Gasteiger partial charge is 0.237 e. The van der Waals surface area contributed by atoms with Crippen molar-refractivity contribution in [2.75, 3.05) is 5.32 Å². The number of amides is 1. The molecule has 2 heterocycles. The third kappa shape index (κ3) is 4.83. The highest BCUT2D eigenvalue weighted by Gasteiger charge is 2.22. The third-order valence-electron chi connectivity index (χ3n) is 5.84. The number of nitrogens with zero attached hydrogens (tertiary/aromatic N) is 4. The summed E-state index contributed by atoms with van der Waals surface area (Å²) < 4.78 is 2.05. The summed E-state index contributed by atoms with van der Waals surface area (Å²) in [5.41, 5.74) is 5.63. The highest BCUT2D eigenvalue weighted by Crippen LogP contribution is 2.29. The standard InChI is InChI=1S/C26H25N5OS/c1-18(25(32)28-23-13-12-20-9-5-10-21(20)15-23)33-26-30-29-24(22-11-6-14-27-16-22)31(26)17-19-7-3-2-4-8-19/h2-4,6-8,11-16,18H,5,9-10,17H2,1H3,(H,28,32)/t18-/m1/s1. The van der Waals surface area contributed by atoms with Crippen LogP contribution in [0.15, 0.2) is 78.2 Å². The number of carbonyl (C=O) groups is 1. The van der Waals surface area contributed by atoms with Crippen LogP contribution in [0.2, 0.25) is 0 Å². The molecule has 7 heteroatoms. The summed E-state index contributed by atoms with van der Waals surface area (Å²) in [4.78, 5) is 17.2. The maximum Gasteiger partial charge on any atom is 0.237 e. The normalized spacial score (nSPS) is 13.5.